The van der Waals surface area contributed by atoms with E-state index < -0.39 is 0 Å². The lowest BCUT2D eigenvalue weighted by atomic mass is 10.3. The number of hydrogen-bond donors (Lipinski definition) is 1. The molecule has 1 saturated heterocycles. The van der Waals surface area contributed by atoms with E-state index in [1.807, 2.05) is 0 Å². The topological polar surface area (TPSA) is 27.7 Å². The minimum atomic E-state index is 0.851. The van der Waals surface area contributed by atoms with Gasteiger partial charge in [-0.2, -0.15) is 0 Å². The maximum atomic E-state index is 5.51. The van der Waals surface area contributed by atoms with Crippen LogP contribution in [0, 0.1) is 0 Å². The number of likely N-dealkylation sites (N-methyl/N-ethyl adjacent to an activating group) is 1. The smallest absolute Gasteiger partial charge is 0.0590 e. The Morgan fingerprint density at radius 1 is 0.944 bits per heavy atom. The summed E-state index contributed by atoms with van der Waals surface area (Å²) >= 11 is 0. The van der Waals surface area contributed by atoms with Crippen molar-refractivity contribution in [2.75, 3.05) is 65.6 Å². The van der Waals surface area contributed by atoms with Gasteiger partial charge in [0.1, 0.15) is 0 Å². The van der Waals surface area contributed by atoms with E-state index in [0.717, 1.165) is 26.3 Å². The van der Waals surface area contributed by atoms with E-state index in [1.54, 1.807) is 0 Å². The average Bonchev–Trinajstić information content (AvgIpc) is 2.42. The predicted molar refractivity (Wildman–Crippen MR) is 77.2 cm³/mol. The van der Waals surface area contributed by atoms with Crippen molar-refractivity contribution in [1.29, 1.82) is 0 Å². The van der Waals surface area contributed by atoms with Crippen LogP contribution in [0.15, 0.2) is 0 Å². The van der Waals surface area contributed by atoms with Crippen LogP contribution in [0.1, 0.15) is 26.7 Å². The second-order valence-corrected chi connectivity index (χ2v) is 4.99. The van der Waals surface area contributed by atoms with E-state index in [-0.39, 0.29) is 0 Å². The molecule has 1 aliphatic rings. The van der Waals surface area contributed by atoms with Crippen LogP contribution in [-0.2, 0) is 4.74 Å². The second-order valence-electron chi connectivity index (χ2n) is 4.99. The normalized spacial score (nSPS) is 18.3. The molecule has 0 aromatic heterocycles. The first-order valence-corrected chi connectivity index (χ1v) is 7.60. The summed E-state index contributed by atoms with van der Waals surface area (Å²) in [5.74, 6) is 0. The van der Waals surface area contributed by atoms with Crippen molar-refractivity contribution in [3.8, 4) is 0 Å². The first-order chi connectivity index (χ1) is 8.86. The summed E-state index contributed by atoms with van der Waals surface area (Å²) in [7, 11) is 0. The van der Waals surface area contributed by atoms with Gasteiger partial charge < -0.3 is 15.0 Å². The fourth-order valence-corrected chi connectivity index (χ4v) is 2.18. The van der Waals surface area contributed by atoms with Crippen molar-refractivity contribution >= 4 is 0 Å². The van der Waals surface area contributed by atoms with Gasteiger partial charge in [0.2, 0.25) is 0 Å². The molecular formula is C14H31N3O. The molecule has 1 fully saturated rings. The number of nitrogens with one attached hydrogen (secondary N) is 1. The maximum absolute atomic E-state index is 5.51. The lowest BCUT2D eigenvalue weighted by Crippen LogP contribution is -2.47. The van der Waals surface area contributed by atoms with Crippen LogP contribution >= 0.6 is 0 Å². The third-order valence-corrected chi connectivity index (χ3v) is 3.58. The molecule has 0 unspecified atom stereocenters. The molecule has 0 aromatic carbocycles. The molecule has 4 nitrogen and oxygen atoms in total. The van der Waals surface area contributed by atoms with Gasteiger partial charge in [0, 0.05) is 52.4 Å². The van der Waals surface area contributed by atoms with E-state index >= 15 is 0 Å². The Hall–Kier alpha value is -0.160. The average molecular weight is 257 g/mol. The number of piperazine rings is 1. The van der Waals surface area contributed by atoms with Crippen LogP contribution in [0.4, 0.5) is 0 Å². The van der Waals surface area contributed by atoms with Crippen LogP contribution in [0.25, 0.3) is 0 Å². The predicted octanol–water partition coefficient (Wildman–Crippen LogP) is 1.03. The van der Waals surface area contributed by atoms with Gasteiger partial charge in [0.25, 0.3) is 0 Å². The highest BCUT2D eigenvalue weighted by molar-refractivity contribution is 4.71. The standard InChI is InChI=1S/C14H31N3O/c1-3-5-13-18-14-7-15-6-8-17-11-9-16(4-2)10-12-17/h15H,3-14H2,1-2H3. The molecule has 0 aromatic rings. The lowest BCUT2D eigenvalue weighted by molar-refractivity contribution is 0.125. The zero-order valence-corrected chi connectivity index (χ0v) is 12.3. The Labute approximate surface area is 113 Å². The fraction of sp³-hybridized carbons (Fsp3) is 1.00. The summed E-state index contributed by atoms with van der Waals surface area (Å²) in [4.78, 5) is 5.07. The molecule has 1 N–H and O–H groups in total. The van der Waals surface area contributed by atoms with Gasteiger partial charge in [0.05, 0.1) is 6.61 Å². The number of nitrogens with zero attached hydrogens (tertiary/aromatic N) is 2. The Kier molecular flexibility index (Phi) is 9.48. The summed E-state index contributed by atoms with van der Waals surface area (Å²) < 4.78 is 5.51. The van der Waals surface area contributed by atoms with Crippen molar-refractivity contribution in [2.24, 2.45) is 0 Å². The van der Waals surface area contributed by atoms with Crippen molar-refractivity contribution in [3.63, 3.8) is 0 Å². The number of hydrogen-bond acceptors (Lipinski definition) is 4. The van der Waals surface area contributed by atoms with E-state index in [1.165, 1.54) is 52.1 Å². The highest BCUT2D eigenvalue weighted by Crippen LogP contribution is 1.99. The monoisotopic (exact) mass is 257 g/mol. The molecule has 1 aliphatic heterocycles. The highest BCUT2D eigenvalue weighted by atomic mass is 16.5. The van der Waals surface area contributed by atoms with Gasteiger partial charge >= 0.3 is 0 Å². The molecule has 18 heavy (non-hydrogen) atoms. The summed E-state index contributed by atoms with van der Waals surface area (Å²) in [6, 6.07) is 0. The Morgan fingerprint density at radius 3 is 2.33 bits per heavy atom. The SMILES string of the molecule is CCCCOCCNCCN1CCN(CC)CC1. The third kappa shape index (κ3) is 7.31. The molecular weight excluding hydrogens is 226 g/mol. The highest BCUT2D eigenvalue weighted by Gasteiger charge is 2.14. The molecule has 0 spiro atoms. The number of unbranched alkanes of at least 4 members (excludes halogenated alkanes) is 1. The molecule has 0 bridgehead atoms. The fourth-order valence-electron chi connectivity index (χ4n) is 2.18. The maximum Gasteiger partial charge on any atom is 0.0590 e. The molecule has 1 heterocycles. The molecule has 0 amide bonds. The molecule has 0 aliphatic carbocycles. The summed E-state index contributed by atoms with van der Waals surface area (Å²) in [5, 5.41) is 3.45. The quantitative estimate of drug-likeness (QED) is 0.592. The van der Waals surface area contributed by atoms with Gasteiger partial charge in [-0.3, -0.25) is 4.90 Å². The van der Waals surface area contributed by atoms with Crippen molar-refractivity contribution in [3.05, 3.63) is 0 Å². The molecule has 1 rings (SSSR count). The molecule has 0 radical (unpaired) electrons. The van der Waals surface area contributed by atoms with Gasteiger partial charge in [-0.05, 0) is 13.0 Å². The van der Waals surface area contributed by atoms with Crippen LogP contribution in [0.2, 0.25) is 0 Å². The number of ether oxygens (including phenoxy) is 1. The first kappa shape index (κ1) is 15.9. The zero-order valence-electron chi connectivity index (χ0n) is 12.3. The van der Waals surface area contributed by atoms with Crippen LogP contribution in [0.5, 0.6) is 0 Å². The van der Waals surface area contributed by atoms with E-state index in [0.29, 0.717) is 0 Å². The molecule has 0 atom stereocenters. The summed E-state index contributed by atoms with van der Waals surface area (Å²) in [6.45, 7) is 15.6. The number of rotatable bonds is 10. The van der Waals surface area contributed by atoms with E-state index in [9.17, 15) is 0 Å². The lowest BCUT2D eigenvalue weighted by Gasteiger charge is -2.33. The van der Waals surface area contributed by atoms with Crippen molar-refractivity contribution in [1.82, 2.24) is 15.1 Å². The van der Waals surface area contributed by atoms with Crippen LogP contribution in [-0.4, -0.2) is 75.4 Å². The Balaban J connectivity index is 1.84. The molecule has 108 valence electrons. The van der Waals surface area contributed by atoms with Gasteiger partial charge in [-0.1, -0.05) is 20.3 Å². The van der Waals surface area contributed by atoms with E-state index in [4.69, 9.17) is 4.74 Å². The minimum absolute atomic E-state index is 0.851. The molecule has 0 saturated carbocycles. The van der Waals surface area contributed by atoms with Gasteiger partial charge in [-0.25, -0.2) is 0 Å². The van der Waals surface area contributed by atoms with Crippen LogP contribution < -0.4 is 5.32 Å². The van der Waals surface area contributed by atoms with E-state index in [2.05, 4.69) is 29.0 Å². The van der Waals surface area contributed by atoms with Gasteiger partial charge in [0.15, 0.2) is 0 Å². The zero-order chi connectivity index (χ0) is 13.1. The summed E-state index contributed by atoms with van der Waals surface area (Å²) in [5.41, 5.74) is 0. The Morgan fingerprint density at radius 2 is 1.67 bits per heavy atom. The second kappa shape index (κ2) is 10.7. The largest absolute Gasteiger partial charge is 0.380 e. The first-order valence-electron chi connectivity index (χ1n) is 7.60. The summed E-state index contributed by atoms with van der Waals surface area (Å²) in [6.07, 6.45) is 2.40. The third-order valence-electron chi connectivity index (χ3n) is 3.58. The molecule has 4 heteroatoms. The van der Waals surface area contributed by atoms with Gasteiger partial charge in [-0.15, -0.1) is 0 Å². The minimum Gasteiger partial charge on any atom is -0.380 e. The van der Waals surface area contributed by atoms with Crippen molar-refractivity contribution < 1.29 is 4.74 Å². The van der Waals surface area contributed by atoms with Crippen LogP contribution in [0.3, 0.4) is 0 Å². The Bertz CT molecular complexity index is 182. The van der Waals surface area contributed by atoms with Crippen molar-refractivity contribution in [2.45, 2.75) is 26.7 Å².